The molecule has 13 heteroatoms. The van der Waals surface area contributed by atoms with E-state index in [0.29, 0.717) is 29.9 Å². The fourth-order valence-corrected chi connectivity index (χ4v) is 6.60. The summed E-state index contributed by atoms with van der Waals surface area (Å²) >= 11 is 0. The van der Waals surface area contributed by atoms with Crippen LogP contribution in [-0.2, 0) is 35.1 Å². The molecule has 0 aromatic heterocycles. The van der Waals surface area contributed by atoms with Gasteiger partial charge in [0.05, 0.1) is 16.8 Å². The van der Waals surface area contributed by atoms with Crippen molar-refractivity contribution in [3.63, 3.8) is 0 Å². The van der Waals surface area contributed by atoms with Crippen LogP contribution in [0.15, 0.2) is 57.3 Å². The number of aliphatic hydroxyl groups excluding tert-OH is 1. The normalized spacial score (nSPS) is 20.3. The highest BCUT2D eigenvalue weighted by atomic mass is 32.2. The Kier molecular flexibility index (Phi) is 6.87. The van der Waals surface area contributed by atoms with Crippen LogP contribution >= 0.6 is 0 Å². The van der Waals surface area contributed by atoms with Crippen LogP contribution < -0.4 is 10.0 Å². The second-order valence-corrected chi connectivity index (χ2v) is 13.2. The van der Waals surface area contributed by atoms with Crippen molar-refractivity contribution in [2.45, 2.75) is 43.9 Å². The van der Waals surface area contributed by atoms with Gasteiger partial charge in [-0.15, -0.1) is 4.40 Å². The molecule has 1 unspecified atom stereocenters. The quantitative estimate of drug-likeness (QED) is 0.376. The van der Waals surface area contributed by atoms with E-state index in [1.165, 1.54) is 12.1 Å². The SMILES string of the molecule is CC(C)CCC1(C)C(=O)C(C2=NS(=O)(=O)c3cc(NS(=O)(=O)CC(=O)O)ccc3N2)=C(O)c2ccccc21. The smallest absolute Gasteiger partial charge is 0.320 e. The van der Waals surface area contributed by atoms with Gasteiger partial charge in [0.25, 0.3) is 10.0 Å². The number of nitrogens with zero attached hydrogens (tertiary/aromatic N) is 1. The van der Waals surface area contributed by atoms with E-state index in [1.807, 2.05) is 18.6 Å². The third-order valence-corrected chi connectivity index (χ3v) is 9.00. The number of carbonyl (C=O) groups is 2. The molecule has 2 aromatic rings. The Bertz CT molecular complexity index is 1630. The molecule has 0 amide bonds. The average molecular weight is 562 g/mol. The fraction of sp³-hybridized carbons (Fsp3) is 0.320. The molecule has 11 nitrogen and oxygen atoms in total. The Morgan fingerprint density at radius 2 is 1.87 bits per heavy atom. The van der Waals surface area contributed by atoms with Crippen LogP contribution in [-0.4, -0.2) is 50.4 Å². The summed E-state index contributed by atoms with van der Waals surface area (Å²) in [6, 6.07) is 10.4. The molecule has 38 heavy (non-hydrogen) atoms. The number of carbonyl (C=O) groups excluding carboxylic acids is 1. The second-order valence-electron chi connectivity index (χ2n) is 9.87. The number of carboxylic acid groups (broad SMARTS) is 1. The number of hydrogen-bond acceptors (Lipinski definition) is 8. The van der Waals surface area contributed by atoms with Crippen molar-refractivity contribution in [3.05, 3.63) is 59.2 Å². The van der Waals surface area contributed by atoms with Crippen LogP contribution in [0, 0.1) is 5.92 Å². The average Bonchev–Trinajstić information content (AvgIpc) is 2.81. The highest BCUT2D eigenvalue weighted by molar-refractivity contribution is 7.93. The van der Waals surface area contributed by atoms with Gasteiger partial charge in [-0.2, -0.15) is 8.42 Å². The number of benzene rings is 2. The van der Waals surface area contributed by atoms with Gasteiger partial charge in [0.1, 0.15) is 16.2 Å². The molecule has 0 saturated heterocycles. The number of aliphatic hydroxyl groups is 1. The van der Waals surface area contributed by atoms with E-state index >= 15 is 0 Å². The maximum absolute atomic E-state index is 13.9. The number of amidine groups is 1. The van der Waals surface area contributed by atoms with Crippen molar-refractivity contribution >= 4 is 54.8 Å². The maximum atomic E-state index is 13.9. The van der Waals surface area contributed by atoms with Crippen LogP contribution in [0.25, 0.3) is 5.76 Å². The summed E-state index contributed by atoms with van der Waals surface area (Å²) in [5, 5.41) is 22.7. The Labute approximate surface area is 220 Å². The first-order valence-corrected chi connectivity index (χ1v) is 14.8. The molecule has 1 atom stereocenters. The Morgan fingerprint density at radius 1 is 1.18 bits per heavy atom. The molecule has 1 aliphatic heterocycles. The molecule has 202 valence electrons. The first-order chi connectivity index (χ1) is 17.6. The molecule has 2 aliphatic rings. The predicted molar refractivity (Wildman–Crippen MR) is 142 cm³/mol. The highest BCUT2D eigenvalue weighted by Gasteiger charge is 2.46. The summed E-state index contributed by atoms with van der Waals surface area (Å²) in [5.41, 5.74) is -0.417. The van der Waals surface area contributed by atoms with Crippen molar-refractivity contribution in [2.24, 2.45) is 10.3 Å². The summed E-state index contributed by atoms with van der Waals surface area (Å²) in [6.45, 7) is 5.83. The Balaban J connectivity index is 1.78. The van der Waals surface area contributed by atoms with E-state index in [4.69, 9.17) is 5.11 Å². The molecule has 0 spiro atoms. The summed E-state index contributed by atoms with van der Waals surface area (Å²) in [7, 11) is -8.73. The molecule has 2 aromatic carbocycles. The topological polar surface area (TPSA) is 179 Å². The molecule has 0 fully saturated rings. The number of rotatable bonds is 8. The van der Waals surface area contributed by atoms with Gasteiger partial charge >= 0.3 is 5.97 Å². The number of nitrogens with one attached hydrogen (secondary N) is 2. The van der Waals surface area contributed by atoms with Gasteiger partial charge in [-0.25, -0.2) is 8.42 Å². The standard InChI is InChI=1S/C25H27N3O8S2/c1-14(2)10-11-25(3)17-7-5-4-6-16(17)22(31)21(23(25)32)24-26-18-9-8-15(12-19(18)38(35,36)28-24)27-37(33,34)13-20(29)30/h4-9,12,14,27,31H,10-11,13H2,1-3H3,(H,26,28)(H,29,30). The van der Waals surface area contributed by atoms with E-state index < -0.39 is 48.7 Å². The molecular formula is C25H27N3O8S2. The zero-order valence-electron chi connectivity index (χ0n) is 20.8. The van der Waals surface area contributed by atoms with Gasteiger partial charge in [-0.05, 0) is 49.4 Å². The van der Waals surface area contributed by atoms with E-state index in [1.54, 1.807) is 31.2 Å². The molecule has 4 N–H and O–H groups in total. The van der Waals surface area contributed by atoms with Gasteiger partial charge in [0.2, 0.25) is 10.0 Å². The van der Waals surface area contributed by atoms with Crippen molar-refractivity contribution in [1.29, 1.82) is 0 Å². The van der Waals surface area contributed by atoms with Gasteiger partial charge in [0.15, 0.2) is 17.4 Å². The number of anilines is 2. The lowest BCUT2D eigenvalue weighted by molar-refractivity contribution is -0.134. The summed E-state index contributed by atoms with van der Waals surface area (Å²) in [4.78, 5) is 24.3. The highest BCUT2D eigenvalue weighted by Crippen LogP contribution is 2.44. The third-order valence-electron chi connectivity index (χ3n) is 6.51. The van der Waals surface area contributed by atoms with Crippen LogP contribution in [0.4, 0.5) is 11.4 Å². The summed E-state index contributed by atoms with van der Waals surface area (Å²) in [6.07, 6.45) is 1.18. The van der Waals surface area contributed by atoms with E-state index in [0.717, 1.165) is 6.07 Å². The predicted octanol–water partition coefficient (Wildman–Crippen LogP) is 3.27. The van der Waals surface area contributed by atoms with Crippen LogP contribution in [0.3, 0.4) is 0 Å². The first kappa shape index (κ1) is 27.3. The molecule has 4 rings (SSSR count). The molecule has 1 heterocycles. The maximum Gasteiger partial charge on any atom is 0.320 e. The zero-order chi connectivity index (χ0) is 28.0. The summed E-state index contributed by atoms with van der Waals surface area (Å²) < 4.78 is 56.0. The monoisotopic (exact) mass is 561 g/mol. The fourth-order valence-electron chi connectivity index (χ4n) is 4.57. The van der Waals surface area contributed by atoms with Gasteiger partial charge < -0.3 is 15.5 Å². The molecule has 0 radical (unpaired) electrons. The second kappa shape index (κ2) is 9.55. The number of sulfonamides is 2. The first-order valence-electron chi connectivity index (χ1n) is 11.7. The van der Waals surface area contributed by atoms with Gasteiger partial charge in [0, 0.05) is 5.56 Å². The lowest BCUT2D eigenvalue weighted by Gasteiger charge is -2.36. The number of hydrogen-bond donors (Lipinski definition) is 4. The van der Waals surface area contributed by atoms with Gasteiger partial charge in [-0.3, -0.25) is 14.3 Å². The molecular weight excluding hydrogens is 534 g/mol. The van der Waals surface area contributed by atoms with E-state index in [-0.39, 0.29) is 27.7 Å². The van der Waals surface area contributed by atoms with Gasteiger partial charge in [-0.1, -0.05) is 38.1 Å². The van der Waals surface area contributed by atoms with Crippen LogP contribution in [0.2, 0.25) is 0 Å². The third kappa shape index (κ3) is 5.03. The zero-order valence-corrected chi connectivity index (χ0v) is 22.5. The number of ketones is 1. The molecule has 1 aliphatic carbocycles. The number of fused-ring (bicyclic) bond motifs is 2. The molecule has 0 saturated carbocycles. The van der Waals surface area contributed by atoms with Crippen molar-refractivity contribution in [2.75, 3.05) is 15.8 Å². The Morgan fingerprint density at radius 3 is 2.53 bits per heavy atom. The van der Waals surface area contributed by atoms with E-state index in [2.05, 4.69) is 9.71 Å². The lowest BCUT2D eigenvalue weighted by Crippen LogP contribution is -2.42. The summed E-state index contributed by atoms with van der Waals surface area (Å²) in [5.74, 6) is -3.69. The minimum absolute atomic E-state index is 0.00650. The molecule has 0 bridgehead atoms. The van der Waals surface area contributed by atoms with Crippen molar-refractivity contribution in [3.8, 4) is 0 Å². The number of carboxylic acids is 1. The van der Waals surface area contributed by atoms with Crippen molar-refractivity contribution in [1.82, 2.24) is 0 Å². The Hall–Kier alpha value is -3.71. The number of Topliss-reactive ketones (excluding diaryl/α,β-unsaturated/α-hetero) is 1. The van der Waals surface area contributed by atoms with Crippen molar-refractivity contribution < 1.29 is 36.6 Å². The minimum atomic E-state index is -4.45. The van der Waals surface area contributed by atoms with E-state index in [9.17, 15) is 31.5 Å². The lowest BCUT2D eigenvalue weighted by atomic mass is 9.66. The van der Waals surface area contributed by atoms with Crippen LogP contribution in [0.1, 0.15) is 44.7 Å². The largest absolute Gasteiger partial charge is 0.506 e. The van der Waals surface area contributed by atoms with Crippen LogP contribution in [0.5, 0.6) is 0 Å². The minimum Gasteiger partial charge on any atom is -0.506 e. The number of aliphatic carboxylic acids is 1.